The van der Waals surface area contributed by atoms with E-state index < -0.39 is 0 Å². The van der Waals surface area contributed by atoms with E-state index in [4.69, 9.17) is 21.5 Å². The molecule has 0 bridgehead atoms. The van der Waals surface area contributed by atoms with Crippen molar-refractivity contribution in [1.29, 1.82) is 0 Å². The Morgan fingerprint density at radius 2 is 2.13 bits per heavy atom. The van der Waals surface area contributed by atoms with Crippen LogP contribution in [-0.4, -0.2) is 47.0 Å². The SMILES string of the molecule is ON=C(Cl)c1nonc1N1CCOCC1. The van der Waals surface area contributed by atoms with Gasteiger partial charge in [-0.25, -0.2) is 4.63 Å². The van der Waals surface area contributed by atoms with Crippen LogP contribution >= 0.6 is 11.6 Å². The van der Waals surface area contributed by atoms with Gasteiger partial charge < -0.3 is 14.8 Å². The fourth-order valence-corrected chi connectivity index (χ4v) is 1.46. The molecule has 0 aromatic carbocycles. The van der Waals surface area contributed by atoms with Crippen LogP contribution in [0.1, 0.15) is 5.69 Å². The minimum absolute atomic E-state index is 0.141. The van der Waals surface area contributed by atoms with Crippen molar-refractivity contribution in [2.75, 3.05) is 31.2 Å². The summed E-state index contributed by atoms with van der Waals surface area (Å²) in [5, 5.41) is 18.5. The number of hydrogen-bond acceptors (Lipinski definition) is 7. The Balaban J connectivity index is 2.23. The molecule has 2 rings (SSSR count). The third-order valence-corrected chi connectivity index (χ3v) is 2.32. The zero-order chi connectivity index (χ0) is 10.7. The van der Waals surface area contributed by atoms with E-state index in [1.54, 1.807) is 0 Å². The standard InChI is InChI=1S/C7H9ClN4O3/c8-6(9-13)5-7(11-15-10-5)12-1-3-14-4-2-12/h13H,1-4H2. The van der Waals surface area contributed by atoms with Gasteiger partial charge in [0.2, 0.25) is 11.0 Å². The molecule has 1 fully saturated rings. The first-order valence-electron chi connectivity index (χ1n) is 4.36. The zero-order valence-corrected chi connectivity index (χ0v) is 8.51. The van der Waals surface area contributed by atoms with E-state index in [9.17, 15) is 0 Å². The van der Waals surface area contributed by atoms with Gasteiger partial charge in [0.15, 0.2) is 5.69 Å². The van der Waals surface area contributed by atoms with E-state index >= 15 is 0 Å². The molecular formula is C7H9ClN4O3. The van der Waals surface area contributed by atoms with E-state index in [0.29, 0.717) is 32.1 Å². The van der Waals surface area contributed by atoms with Gasteiger partial charge in [-0.2, -0.15) is 0 Å². The second-order valence-electron chi connectivity index (χ2n) is 2.93. The summed E-state index contributed by atoms with van der Waals surface area (Å²) < 4.78 is 9.75. The summed E-state index contributed by atoms with van der Waals surface area (Å²) in [4.78, 5) is 1.91. The zero-order valence-electron chi connectivity index (χ0n) is 7.76. The van der Waals surface area contributed by atoms with Crippen molar-refractivity contribution in [1.82, 2.24) is 10.3 Å². The number of halogens is 1. The fraction of sp³-hybridized carbons (Fsp3) is 0.571. The van der Waals surface area contributed by atoms with Crippen molar-refractivity contribution in [2.24, 2.45) is 5.16 Å². The number of hydrogen-bond donors (Lipinski definition) is 1. The van der Waals surface area contributed by atoms with Gasteiger partial charge in [-0.3, -0.25) is 0 Å². The number of anilines is 1. The van der Waals surface area contributed by atoms with Gasteiger partial charge in [0.1, 0.15) is 0 Å². The van der Waals surface area contributed by atoms with E-state index in [1.807, 2.05) is 4.90 Å². The topological polar surface area (TPSA) is 84.0 Å². The highest BCUT2D eigenvalue weighted by Crippen LogP contribution is 2.19. The molecule has 1 aromatic heterocycles. The molecule has 0 atom stereocenters. The second kappa shape index (κ2) is 4.45. The molecule has 7 nitrogen and oxygen atoms in total. The van der Waals surface area contributed by atoms with Gasteiger partial charge in [0.25, 0.3) is 0 Å². The molecule has 0 amide bonds. The van der Waals surface area contributed by atoms with Crippen molar-refractivity contribution in [2.45, 2.75) is 0 Å². The van der Waals surface area contributed by atoms with Crippen molar-refractivity contribution in [3.63, 3.8) is 0 Å². The Kier molecular flexibility index (Phi) is 3.02. The van der Waals surface area contributed by atoms with Crippen molar-refractivity contribution in [3.8, 4) is 0 Å². The van der Waals surface area contributed by atoms with Crippen LogP contribution in [0.25, 0.3) is 0 Å². The molecule has 82 valence electrons. The molecular weight excluding hydrogens is 224 g/mol. The molecule has 15 heavy (non-hydrogen) atoms. The van der Waals surface area contributed by atoms with Crippen molar-refractivity contribution in [3.05, 3.63) is 5.69 Å². The van der Waals surface area contributed by atoms with Crippen molar-refractivity contribution < 1.29 is 14.6 Å². The number of morpholine rings is 1. The summed E-state index contributed by atoms with van der Waals surface area (Å²) in [5.74, 6) is 0.473. The van der Waals surface area contributed by atoms with Crippen LogP contribution in [0.2, 0.25) is 0 Å². The highest BCUT2D eigenvalue weighted by molar-refractivity contribution is 6.69. The first-order valence-corrected chi connectivity index (χ1v) is 4.74. The maximum atomic E-state index is 8.53. The summed E-state index contributed by atoms with van der Waals surface area (Å²) in [6.45, 7) is 2.58. The normalized spacial score (nSPS) is 18.2. The molecule has 8 heteroatoms. The second-order valence-corrected chi connectivity index (χ2v) is 3.28. The Morgan fingerprint density at radius 3 is 2.80 bits per heavy atom. The summed E-state index contributed by atoms with van der Waals surface area (Å²) in [6, 6.07) is 0. The average molecular weight is 233 g/mol. The van der Waals surface area contributed by atoms with Gasteiger partial charge in [-0.05, 0) is 10.3 Å². The molecule has 2 heterocycles. The average Bonchev–Trinajstić information content (AvgIpc) is 2.78. The lowest BCUT2D eigenvalue weighted by Gasteiger charge is -2.26. The molecule has 0 aliphatic carbocycles. The first-order chi connectivity index (χ1) is 7.33. The number of ether oxygens (including phenoxy) is 1. The lowest BCUT2D eigenvalue weighted by Crippen LogP contribution is -2.37. The molecule has 1 aliphatic heterocycles. The van der Waals surface area contributed by atoms with Gasteiger partial charge in [0, 0.05) is 13.1 Å². The lowest BCUT2D eigenvalue weighted by atomic mass is 10.3. The van der Waals surface area contributed by atoms with Gasteiger partial charge in [0.05, 0.1) is 13.2 Å². The number of aromatic nitrogens is 2. The van der Waals surface area contributed by atoms with Crippen LogP contribution in [0.4, 0.5) is 5.82 Å². The van der Waals surface area contributed by atoms with Crippen LogP contribution < -0.4 is 4.90 Å². The first kappa shape index (κ1) is 10.2. The predicted molar refractivity (Wildman–Crippen MR) is 51.5 cm³/mol. The summed E-state index contributed by atoms with van der Waals surface area (Å²) in [5.41, 5.74) is 0.237. The number of nitrogens with zero attached hydrogens (tertiary/aromatic N) is 4. The largest absolute Gasteiger partial charge is 0.410 e. The third kappa shape index (κ3) is 2.02. The smallest absolute Gasteiger partial charge is 0.204 e. The van der Waals surface area contributed by atoms with Crippen LogP contribution in [-0.2, 0) is 4.74 Å². The molecule has 0 radical (unpaired) electrons. The molecule has 0 saturated carbocycles. The summed E-state index contributed by atoms with van der Waals surface area (Å²) in [7, 11) is 0. The van der Waals surface area contributed by atoms with Crippen LogP contribution in [0, 0.1) is 0 Å². The number of rotatable bonds is 2. The minimum atomic E-state index is -0.141. The van der Waals surface area contributed by atoms with Crippen molar-refractivity contribution >= 4 is 22.6 Å². The lowest BCUT2D eigenvalue weighted by molar-refractivity contribution is 0.122. The Morgan fingerprint density at radius 1 is 1.40 bits per heavy atom. The maximum Gasteiger partial charge on any atom is 0.204 e. The van der Waals surface area contributed by atoms with Crippen LogP contribution in [0.15, 0.2) is 9.78 Å². The van der Waals surface area contributed by atoms with E-state index in [0.717, 1.165) is 0 Å². The summed E-state index contributed by atoms with van der Waals surface area (Å²) in [6.07, 6.45) is 0. The van der Waals surface area contributed by atoms with E-state index in [2.05, 4.69) is 20.1 Å². The highest BCUT2D eigenvalue weighted by atomic mass is 35.5. The summed E-state index contributed by atoms with van der Waals surface area (Å²) >= 11 is 5.64. The van der Waals surface area contributed by atoms with E-state index in [-0.39, 0.29) is 10.9 Å². The minimum Gasteiger partial charge on any atom is -0.410 e. The molecule has 1 aromatic rings. The molecule has 0 spiro atoms. The third-order valence-electron chi connectivity index (χ3n) is 2.07. The quantitative estimate of drug-likeness (QED) is 0.448. The maximum absolute atomic E-state index is 8.53. The highest BCUT2D eigenvalue weighted by Gasteiger charge is 2.22. The predicted octanol–water partition coefficient (Wildman–Crippen LogP) is 0.281. The van der Waals surface area contributed by atoms with Gasteiger partial charge in [-0.15, -0.1) is 0 Å². The Labute approximate surface area is 90.2 Å². The Bertz CT molecular complexity index is 361. The fourth-order valence-electron chi connectivity index (χ4n) is 1.34. The molecule has 1 N–H and O–H groups in total. The van der Waals surface area contributed by atoms with Gasteiger partial charge >= 0.3 is 0 Å². The Hall–Kier alpha value is -1.34. The van der Waals surface area contributed by atoms with E-state index in [1.165, 1.54) is 0 Å². The van der Waals surface area contributed by atoms with Crippen LogP contribution in [0.3, 0.4) is 0 Å². The molecule has 0 unspecified atom stereocenters. The number of oxime groups is 1. The monoisotopic (exact) mass is 232 g/mol. The van der Waals surface area contributed by atoms with Crippen LogP contribution in [0.5, 0.6) is 0 Å². The molecule has 1 aliphatic rings. The van der Waals surface area contributed by atoms with Gasteiger partial charge in [-0.1, -0.05) is 16.8 Å². The molecule has 1 saturated heterocycles.